The highest BCUT2D eigenvalue weighted by molar-refractivity contribution is 5.96. The zero-order valence-electron chi connectivity index (χ0n) is 12.9. The third kappa shape index (κ3) is 4.21. The molecule has 0 aromatic heterocycles. The third-order valence-electron chi connectivity index (χ3n) is 3.90. The maximum atomic E-state index is 12.3. The third-order valence-corrected chi connectivity index (χ3v) is 3.90. The predicted octanol–water partition coefficient (Wildman–Crippen LogP) is 2.11. The summed E-state index contributed by atoms with van der Waals surface area (Å²) in [6.07, 6.45) is 5.32. The molecule has 6 heteroatoms. The van der Waals surface area contributed by atoms with E-state index in [9.17, 15) is 9.59 Å². The fraction of sp³-hybridized carbons (Fsp3) is 0.500. The minimum absolute atomic E-state index is 0.0426. The minimum Gasteiger partial charge on any atom is -0.495 e. The first kappa shape index (κ1) is 16.3. The average molecular weight is 305 g/mol. The van der Waals surface area contributed by atoms with Gasteiger partial charge < -0.3 is 21.1 Å². The highest BCUT2D eigenvalue weighted by atomic mass is 16.5. The second-order valence-electron chi connectivity index (χ2n) is 5.49. The number of nitrogens with two attached hydrogens (primary N) is 1. The van der Waals surface area contributed by atoms with Crippen molar-refractivity contribution in [2.75, 3.05) is 24.3 Å². The summed E-state index contributed by atoms with van der Waals surface area (Å²) in [5, 5.41) is 5.58. The van der Waals surface area contributed by atoms with E-state index in [1.807, 2.05) is 0 Å². The van der Waals surface area contributed by atoms with Gasteiger partial charge >= 0.3 is 0 Å². The lowest BCUT2D eigenvalue weighted by Gasteiger charge is -2.21. The summed E-state index contributed by atoms with van der Waals surface area (Å²) in [6, 6.07) is 5.16. The van der Waals surface area contributed by atoms with E-state index in [-0.39, 0.29) is 24.3 Å². The molecule has 1 aliphatic carbocycles. The Balaban J connectivity index is 2.08. The molecular weight excluding hydrogens is 282 g/mol. The van der Waals surface area contributed by atoms with Gasteiger partial charge in [0.15, 0.2) is 0 Å². The maximum Gasteiger partial charge on any atom is 0.238 e. The van der Waals surface area contributed by atoms with Gasteiger partial charge in [0.05, 0.1) is 19.3 Å². The van der Waals surface area contributed by atoms with Crippen molar-refractivity contribution >= 4 is 23.2 Å². The SMILES string of the molecule is COc1ccc(NC(=O)C2CCCCC2)cc1NC(=O)CN. The van der Waals surface area contributed by atoms with Crippen molar-refractivity contribution in [2.24, 2.45) is 11.7 Å². The highest BCUT2D eigenvalue weighted by Crippen LogP contribution is 2.29. The van der Waals surface area contributed by atoms with Gasteiger partial charge in [-0.1, -0.05) is 19.3 Å². The van der Waals surface area contributed by atoms with Crippen molar-refractivity contribution in [3.63, 3.8) is 0 Å². The molecule has 0 unspecified atom stereocenters. The van der Waals surface area contributed by atoms with Crippen molar-refractivity contribution in [1.82, 2.24) is 0 Å². The lowest BCUT2D eigenvalue weighted by atomic mass is 9.88. The molecule has 0 atom stereocenters. The smallest absolute Gasteiger partial charge is 0.238 e. The molecule has 120 valence electrons. The van der Waals surface area contributed by atoms with Gasteiger partial charge in [-0.05, 0) is 31.0 Å². The van der Waals surface area contributed by atoms with Crippen LogP contribution < -0.4 is 21.1 Å². The van der Waals surface area contributed by atoms with E-state index in [1.54, 1.807) is 18.2 Å². The Hall–Kier alpha value is -2.08. The molecule has 1 fully saturated rings. The van der Waals surface area contributed by atoms with Crippen LogP contribution in [0.4, 0.5) is 11.4 Å². The Morgan fingerprint density at radius 1 is 1.23 bits per heavy atom. The van der Waals surface area contributed by atoms with E-state index < -0.39 is 0 Å². The number of ether oxygens (including phenoxy) is 1. The van der Waals surface area contributed by atoms with Crippen LogP contribution in [0.15, 0.2) is 18.2 Å². The van der Waals surface area contributed by atoms with E-state index in [4.69, 9.17) is 10.5 Å². The van der Waals surface area contributed by atoms with Crippen molar-refractivity contribution in [3.05, 3.63) is 18.2 Å². The normalized spacial score (nSPS) is 15.2. The monoisotopic (exact) mass is 305 g/mol. The topological polar surface area (TPSA) is 93.5 Å². The van der Waals surface area contributed by atoms with Crippen LogP contribution in [0.25, 0.3) is 0 Å². The fourth-order valence-corrected chi connectivity index (χ4v) is 2.69. The second kappa shape index (κ2) is 7.79. The standard InChI is InChI=1S/C16H23N3O3/c1-22-14-8-7-12(9-13(14)19-15(20)10-17)18-16(21)11-5-3-2-4-6-11/h7-9,11H,2-6,10,17H2,1H3,(H,18,21)(H,19,20). The molecule has 4 N–H and O–H groups in total. The molecule has 22 heavy (non-hydrogen) atoms. The molecule has 0 saturated heterocycles. The Labute approximate surface area is 130 Å². The van der Waals surface area contributed by atoms with Crippen LogP contribution in [-0.4, -0.2) is 25.5 Å². The Bertz CT molecular complexity index is 539. The summed E-state index contributed by atoms with van der Waals surface area (Å²) in [7, 11) is 1.52. The summed E-state index contributed by atoms with van der Waals surface area (Å²) >= 11 is 0. The van der Waals surface area contributed by atoms with Crippen LogP contribution in [0.5, 0.6) is 5.75 Å². The summed E-state index contributed by atoms with van der Waals surface area (Å²) < 4.78 is 5.20. The van der Waals surface area contributed by atoms with Crippen LogP contribution in [0.2, 0.25) is 0 Å². The number of hydrogen-bond donors (Lipinski definition) is 3. The molecule has 1 saturated carbocycles. The van der Waals surface area contributed by atoms with E-state index in [1.165, 1.54) is 13.5 Å². The van der Waals surface area contributed by atoms with Gasteiger partial charge in [-0.25, -0.2) is 0 Å². The molecule has 2 amide bonds. The number of amides is 2. The van der Waals surface area contributed by atoms with Gasteiger partial charge in [0.2, 0.25) is 11.8 Å². The number of hydrogen-bond acceptors (Lipinski definition) is 4. The highest BCUT2D eigenvalue weighted by Gasteiger charge is 2.21. The average Bonchev–Trinajstić information content (AvgIpc) is 2.55. The molecule has 0 heterocycles. The van der Waals surface area contributed by atoms with E-state index in [0.717, 1.165) is 25.7 Å². The number of benzene rings is 1. The van der Waals surface area contributed by atoms with Crippen LogP contribution in [-0.2, 0) is 9.59 Å². The number of anilines is 2. The first-order chi connectivity index (χ1) is 10.6. The van der Waals surface area contributed by atoms with E-state index in [2.05, 4.69) is 10.6 Å². The van der Waals surface area contributed by atoms with E-state index >= 15 is 0 Å². The molecule has 2 rings (SSSR count). The Kier molecular flexibility index (Phi) is 5.77. The molecule has 1 aromatic carbocycles. The number of carbonyl (C=O) groups is 2. The molecule has 1 aliphatic rings. The summed E-state index contributed by atoms with van der Waals surface area (Å²) in [5.74, 6) is 0.338. The molecule has 0 spiro atoms. The second-order valence-corrected chi connectivity index (χ2v) is 5.49. The molecular formula is C16H23N3O3. The predicted molar refractivity (Wildman–Crippen MR) is 85.9 cm³/mol. The lowest BCUT2D eigenvalue weighted by molar-refractivity contribution is -0.120. The van der Waals surface area contributed by atoms with Gasteiger partial charge in [-0.2, -0.15) is 0 Å². The zero-order valence-corrected chi connectivity index (χ0v) is 12.9. The van der Waals surface area contributed by atoms with Crippen molar-refractivity contribution in [3.8, 4) is 5.75 Å². The number of carbonyl (C=O) groups excluding carboxylic acids is 2. The number of nitrogens with one attached hydrogen (secondary N) is 2. The van der Waals surface area contributed by atoms with Gasteiger partial charge in [0.25, 0.3) is 0 Å². The van der Waals surface area contributed by atoms with Crippen LogP contribution in [0, 0.1) is 5.92 Å². The lowest BCUT2D eigenvalue weighted by Crippen LogP contribution is -2.25. The molecule has 6 nitrogen and oxygen atoms in total. The largest absolute Gasteiger partial charge is 0.495 e. The van der Waals surface area contributed by atoms with Crippen molar-refractivity contribution in [2.45, 2.75) is 32.1 Å². The van der Waals surface area contributed by atoms with Crippen LogP contribution >= 0.6 is 0 Å². The van der Waals surface area contributed by atoms with Gasteiger partial charge in [-0.15, -0.1) is 0 Å². The number of methoxy groups -OCH3 is 1. The van der Waals surface area contributed by atoms with Crippen molar-refractivity contribution < 1.29 is 14.3 Å². The fourth-order valence-electron chi connectivity index (χ4n) is 2.69. The summed E-state index contributed by atoms with van der Waals surface area (Å²) in [6.45, 7) is -0.109. The number of rotatable bonds is 5. The minimum atomic E-state index is -0.311. The van der Waals surface area contributed by atoms with Crippen molar-refractivity contribution in [1.29, 1.82) is 0 Å². The Morgan fingerprint density at radius 3 is 2.59 bits per heavy atom. The Morgan fingerprint density at radius 2 is 1.95 bits per heavy atom. The van der Waals surface area contributed by atoms with Gasteiger partial charge in [-0.3, -0.25) is 9.59 Å². The molecule has 0 aliphatic heterocycles. The summed E-state index contributed by atoms with van der Waals surface area (Å²) in [5.41, 5.74) is 6.45. The van der Waals surface area contributed by atoms with Gasteiger partial charge in [0, 0.05) is 11.6 Å². The zero-order chi connectivity index (χ0) is 15.9. The first-order valence-electron chi connectivity index (χ1n) is 7.63. The molecule has 0 radical (unpaired) electrons. The molecule has 0 bridgehead atoms. The van der Waals surface area contributed by atoms with Crippen LogP contribution in [0.1, 0.15) is 32.1 Å². The van der Waals surface area contributed by atoms with Gasteiger partial charge in [0.1, 0.15) is 5.75 Å². The summed E-state index contributed by atoms with van der Waals surface area (Å²) in [4.78, 5) is 23.7. The van der Waals surface area contributed by atoms with E-state index in [0.29, 0.717) is 17.1 Å². The van der Waals surface area contributed by atoms with Crippen LogP contribution in [0.3, 0.4) is 0 Å². The molecule has 1 aromatic rings. The maximum absolute atomic E-state index is 12.3. The first-order valence-corrected chi connectivity index (χ1v) is 7.63. The quantitative estimate of drug-likeness (QED) is 0.776.